The minimum Gasteiger partial charge on any atom is -0.481 e. The predicted octanol–water partition coefficient (Wildman–Crippen LogP) is 1.60. The third-order valence-corrected chi connectivity index (χ3v) is 4.43. The molecule has 1 aromatic carbocycles. The summed E-state index contributed by atoms with van der Waals surface area (Å²) >= 11 is 1.02. The number of carboxylic acids is 1. The van der Waals surface area contributed by atoms with Crippen LogP contribution in [0.15, 0.2) is 42.0 Å². The number of carboxylic acid groups (broad SMARTS) is 1. The van der Waals surface area contributed by atoms with Crippen molar-refractivity contribution in [3.8, 4) is 0 Å². The third kappa shape index (κ3) is 4.23. The molecule has 2 N–H and O–H groups in total. The minimum absolute atomic E-state index is 0.196. The largest absolute Gasteiger partial charge is 0.481 e. The maximum Gasteiger partial charge on any atom is 0.305 e. The van der Waals surface area contributed by atoms with Gasteiger partial charge in [0.15, 0.2) is 5.17 Å². The first-order chi connectivity index (χ1) is 11.4. The summed E-state index contributed by atoms with van der Waals surface area (Å²) in [7, 11) is 0. The standard InChI is InChI=1S/C16H17N3O4S/c1-3-8-19-15(23)12(9-13(20)21)24-16(19)18-17-14(22)11-6-4-10(2)5-7-11/h3-7,12H,1,8-9H2,2H3,(H,17,22)(H,20,21)/b18-16-. The van der Waals surface area contributed by atoms with E-state index in [9.17, 15) is 14.4 Å². The van der Waals surface area contributed by atoms with Crippen LogP contribution < -0.4 is 5.43 Å². The number of hydrogen-bond donors (Lipinski definition) is 2. The second kappa shape index (κ2) is 7.78. The number of amides is 2. The van der Waals surface area contributed by atoms with E-state index in [0.29, 0.717) is 5.56 Å². The van der Waals surface area contributed by atoms with Crippen molar-refractivity contribution in [2.45, 2.75) is 18.6 Å². The van der Waals surface area contributed by atoms with Gasteiger partial charge in [0.25, 0.3) is 5.91 Å². The lowest BCUT2D eigenvalue weighted by Gasteiger charge is -2.13. The van der Waals surface area contributed by atoms with Gasteiger partial charge >= 0.3 is 5.97 Å². The number of carbonyl (C=O) groups is 3. The second-order valence-corrected chi connectivity index (χ2v) is 6.31. The molecule has 0 aromatic heterocycles. The van der Waals surface area contributed by atoms with Gasteiger partial charge < -0.3 is 5.11 Å². The molecule has 126 valence electrons. The van der Waals surface area contributed by atoms with Gasteiger partial charge in [-0.05, 0) is 19.1 Å². The van der Waals surface area contributed by atoms with Crippen LogP contribution in [0.3, 0.4) is 0 Å². The maximum absolute atomic E-state index is 12.2. The summed E-state index contributed by atoms with van der Waals surface area (Å²) in [6, 6.07) is 6.96. The highest BCUT2D eigenvalue weighted by molar-refractivity contribution is 8.15. The SMILES string of the molecule is C=CCN1C(=O)C(CC(=O)O)S/C1=N\NC(=O)c1ccc(C)cc1. The Labute approximate surface area is 143 Å². The van der Waals surface area contributed by atoms with Crippen LogP contribution in [0.25, 0.3) is 0 Å². The molecule has 1 atom stereocenters. The van der Waals surface area contributed by atoms with Crippen molar-refractivity contribution in [1.82, 2.24) is 10.3 Å². The molecule has 2 rings (SSSR count). The number of rotatable bonds is 6. The molecule has 0 bridgehead atoms. The summed E-state index contributed by atoms with van der Waals surface area (Å²) in [4.78, 5) is 36.4. The van der Waals surface area contributed by atoms with E-state index in [4.69, 9.17) is 5.11 Å². The third-order valence-electron chi connectivity index (χ3n) is 3.26. The van der Waals surface area contributed by atoms with Crippen LogP contribution in [0, 0.1) is 6.92 Å². The quantitative estimate of drug-likeness (QED) is 0.601. The van der Waals surface area contributed by atoms with Gasteiger partial charge in [0, 0.05) is 12.1 Å². The highest BCUT2D eigenvalue weighted by Crippen LogP contribution is 2.29. The summed E-state index contributed by atoms with van der Waals surface area (Å²) in [6.07, 6.45) is 1.21. The van der Waals surface area contributed by atoms with Gasteiger partial charge in [0.05, 0.1) is 6.42 Å². The predicted molar refractivity (Wildman–Crippen MR) is 91.6 cm³/mol. The molecular weight excluding hydrogens is 330 g/mol. The smallest absolute Gasteiger partial charge is 0.305 e. The van der Waals surface area contributed by atoms with Gasteiger partial charge in [-0.2, -0.15) is 0 Å². The van der Waals surface area contributed by atoms with Gasteiger partial charge in [-0.15, -0.1) is 11.7 Å². The van der Waals surface area contributed by atoms with Gasteiger partial charge in [0.2, 0.25) is 5.91 Å². The Kier molecular flexibility index (Phi) is 5.75. The molecule has 2 amide bonds. The highest BCUT2D eigenvalue weighted by Gasteiger charge is 2.38. The molecule has 24 heavy (non-hydrogen) atoms. The van der Waals surface area contributed by atoms with Crippen LogP contribution in [-0.2, 0) is 9.59 Å². The van der Waals surface area contributed by atoms with E-state index < -0.39 is 17.1 Å². The van der Waals surface area contributed by atoms with Gasteiger partial charge in [-0.1, -0.05) is 35.5 Å². The lowest BCUT2D eigenvalue weighted by atomic mass is 10.1. The number of nitrogens with one attached hydrogen (secondary N) is 1. The number of nitrogens with zero attached hydrogens (tertiary/aromatic N) is 2. The average molecular weight is 347 g/mol. The first-order valence-electron chi connectivity index (χ1n) is 7.17. The molecule has 1 aromatic rings. The molecule has 0 aliphatic carbocycles. The first-order valence-corrected chi connectivity index (χ1v) is 8.05. The number of benzene rings is 1. The Morgan fingerprint density at radius 2 is 2.08 bits per heavy atom. The second-order valence-electron chi connectivity index (χ2n) is 5.14. The Balaban J connectivity index is 2.12. The summed E-state index contributed by atoms with van der Waals surface area (Å²) in [5, 5.41) is 12.3. The average Bonchev–Trinajstić information content (AvgIpc) is 2.82. The molecule has 8 heteroatoms. The van der Waals surface area contributed by atoms with Crippen LogP contribution in [0.5, 0.6) is 0 Å². The monoisotopic (exact) mass is 347 g/mol. The fourth-order valence-electron chi connectivity index (χ4n) is 2.05. The van der Waals surface area contributed by atoms with E-state index >= 15 is 0 Å². The molecule has 0 spiro atoms. The normalized spacial score (nSPS) is 18.7. The number of carbonyl (C=O) groups excluding carboxylic acids is 2. The summed E-state index contributed by atoms with van der Waals surface area (Å²) in [6.45, 7) is 5.68. The Bertz CT molecular complexity index is 700. The summed E-state index contributed by atoms with van der Waals surface area (Å²) < 4.78 is 0. The van der Waals surface area contributed by atoms with E-state index in [0.717, 1.165) is 17.3 Å². The molecule has 0 saturated carbocycles. The molecule has 1 heterocycles. The molecule has 1 unspecified atom stereocenters. The zero-order valence-electron chi connectivity index (χ0n) is 13.1. The van der Waals surface area contributed by atoms with E-state index in [1.165, 1.54) is 11.0 Å². The fourth-order valence-corrected chi connectivity index (χ4v) is 3.15. The van der Waals surface area contributed by atoms with Crippen molar-refractivity contribution >= 4 is 34.7 Å². The van der Waals surface area contributed by atoms with Gasteiger partial charge in [-0.25, -0.2) is 5.43 Å². The summed E-state index contributed by atoms with van der Waals surface area (Å²) in [5.41, 5.74) is 3.87. The lowest BCUT2D eigenvalue weighted by molar-refractivity contribution is -0.139. The number of aliphatic carboxylic acids is 1. The van der Waals surface area contributed by atoms with Crippen molar-refractivity contribution < 1.29 is 19.5 Å². The number of hydrogen-bond acceptors (Lipinski definition) is 5. The Morgan fingerprint density at radius 3 is 2.67 bits per heavy atom. The zero-order chi connectivity index (χ0) is 17.7. The van der Waals surface area contributed by atoms with Crippen LogP contribution >= 0.6 is 11.8 Å². The summed E-state index contributed by atoms with van der Waals surface area (Å²) in [5.74, 6) is -1.83. The van der Waals surface area contributed by atoms with Crippen LogP contribution in [0.4, 0.5) is 0 Å². The van der Waals surface area contributed by atoms with E-state index in [1.54, 1.807) is 12.1 Å². The molecule has 1 saturated heterocycles. The molecule has 1 aliphatic rings. The van der Waals surface area contributed by atoms with Gasteiger partial charge in [0.1, 0.15) is 5.25 Å². The molecule has 1 aliphatic heterocycles. The van der Waals surface area contributed by atoms with Crippen molar-refractivity contribution in [3.63, 3.8) is 0 Å². The fraction of sp³-hybridized carbons (Fsp3) is 0.250. The molecule has 0 radical (unpaired) electrons. The Morgan fingerprint density at radius 1 is 1.42 bits per heavy atom. The van der Waals surface area contributed by atoms with Crippen LogP contribution in [-0.4, -0.2) is 44.8 Å². The first kappa shape index (κ1) is 17.7. The zero-order valence-corrected chi connectivity index (χ0v) is 13.9. The van der Waals surface area contributed by atoms with Crippen LogP contribution in [0.1, 0.15) is 22.3 Å². The van der Waals surface area contributed by atoms with Crippen molar-refractivity contribution in [1.29, 1.82) is 0 Å². The number of thioether (sulfide) groups is 1. The maximum atomic E-state index is 12.2. The lowest BCUT2D eigenvalue weighted by Crippen LogP contribution is -2.34. The van der Waals surface area contributed by atoms with Crippen molar-refractivity contribution in [3.05, 3.63) is 48.0 Å². The topological polar surface area (TPSA) is 99.1 Å². The number of hydrazone groups is 1. The van der Waals surface area contributed by atoms with Gasteiger partial charge in [-0.3, -0.25) is 19.3 Å². The molecule has 1 fully saturated rings. The van der Waals surface area contributed by atoms with Crippen molar-refractivity contribution in [2.75, 3.05) is 6.54 Å². The highest BCUT2D eigenvalue weighted by atomic mass is 32.2. The number of aryl methyl sites for hydroxylation is 1. The van der Waals surface area contributed by atoms with E-state index in [-0.39, 0.29) is 24.0 Å². The van der Waals surface area contributed by atoms with Crippen LogP contribution in [0.2, 0.25) is 0 Å². The molecular formula is C16H17N3O4S. The van der Waals surface area contributed by atoms with E-state index in [1.807, 2.05) is 19.1 Å². The Hall–Kier alpha value is -2.61. The van der Waals surface area contributed by atoms with E-state index in [2.05, 4.69) is 17.1 Å². The molecule has 7 nitrogen and oxygen atoms in total. The minimum atomic E-state index is -1.07. The number of amidine groups is 1. The van der Waals surface area contributed by atoms with Crippen molar-refractivity contribution in [2.24, 2.45) is 5.10 Å².